The summed E-state index contributed by atoms with van der Waals surface area (Å²) in [7, 11) is 0. The molecule has 1 N–H and O–H groups in total. The highest BCUT2D eigenvalue weighted by Crippen LogP contribution is 2.35. The summed E-state index contributed by atoms with van der Waals surface area (Å²) in [4.78, 5) is 2.53. The zero-order valence-corrected chi connectivity index (χ0v) is 17.0. The third-order valence-electron chi connectivity index (χ3n) is 6.13. The number of rotatable bonds is 9. The molecule has 1 atom stereocenters. The van der Waals surface area contributed by atoms with E-state index in [9.17, 15) is 5.11 Å². The van der Waals surface area contributed by atoms with Gasteiger partial charge in [0.1, 0.15) is 0 Å². The summed E-state index contributed by atoms with van der Waals surface area (Å²) >= 11 is 0. The monoisotopic (exact) mass is 369 g/mol. The summed E-state index contributed by atoms with van der Waals surface area (Å²) in [5, 5.41) is 14.8. The van der Waals surface area contributed by atoms with E-state index in [0.29, 0.717) is 6.61 Å². The lowest BCUT2D eigenvalue weighted by atomic mass is 9.76. The van der Waals surface area contributed by atoms with E-state index < -0.39 is 0 Å². The molecule has 0 saturated carbocycles. The van der Waals surface area contributed by atoms with E-state index in [1.165, 1.54) is 23.2 Å². The average Bonchev–Trinajstić information content (AvgIpc) is 3.03. The van der Waals surface area contributed by atoms with Gasteiger partial charge in [0.05, 0.1) is 6.20 Å². The van der Waals surface area contributed by atoms with Gasteiger partial charge < -0.3 is 5.11 Å². The van der Waals surface area contributed by atoms with E-state index in [4.69, 9.17) is 0 Å². The fourth-order valence-electron chi connectivity index (χ4n) is 4.49. The number of benzene rings is 1. The van der Waals surface area contributed by atoms with Crippen LogP contribution >= 0.6 is 0 Å². The fourth-order valence-corrected chi connectivity index (χ4v) is 4.49. The van der Waals surface area contributed by atoms with Crippen molar-refractivity contribution in [1.82, 2.24) is 14.7 Å². The summed E-state index contributed by atoms with van der Waals surface area (Å²) in [5.41, 5.74) is 4.08. The number of aliphatic hydroxyl groups excluding tert-OH is 1. The molecule has 1 fully saturated rings. The molecule has 1 aromatic carbocycles. The van der Waals surface area contributed by atoms with Gasteiger partial charge in [0.25, 0.3) is 0 Å². The van der Waals surface area contributed by atoms with Gasteiger partial charge in [-0.2, -0.15) is 5.10 Å². The van der Waals surface area contributed by atoms with Gasteiger partial charge in [0.2, 0.25) is 0 Å². The van der Waals surface area contributed by atoms with Crippen molar-refractivity contribution in [2.24, 2.45) is 5.41 Å². The number of piperidine rings is 1. The van der Waals surface area contributed by atoms with Crippen molar-refractivity contribution in [3.63, 3.8) is 0 Å². The van der Waals surface area contributed by atoms with E-state index >= 15 is 0 Å². The number of nitrogens with zero attached hydrogens (tertiary/aromatic N) is 3. The maximum atomic E-state index is 10.2. The Morgan fingerprint density at radius 3 is 2.78 bits per heavy atom. The highest BCUT2D eigenvalue weighted by atomic mass is 16.3. The third-order valence-corrected chi connectivity index (χ3v) is 6.13. The molecule has 0 amide bonds. The summed E-state index contributed by atoms with van der Waals surface area (Å²) < 4.78 is 2.12. The number of hydrogen-bond donors (Lipinski definition) is 1. The van der Waals surface area contributed by atoms with Crippen LogP contribution in [0.25, 0.3) is 0 Å². The minimum atomic E-state index is 0.0559. The molecule has 4 heteroatoms. The summed E-state index contributed by atoms with van der Waals surface area (Å²) in [5.74, 6) is 0. The highest BCUT2D eigenvalue weighted by molar-refractivity contribution is 5.16. The molecule has 1 unspecified atom stereocenters. The van der Waals surface area contributed by atoms with Crippen molar-refractivity contribution in [3.05, 3.63) is 53.3 Å². The molecule has 4 nitrogen and oxygen atoms in total. The van der Waals surface area contributed by atoms with Crippen LogP contribution in [0.15, 0.2) is 36.5 Å². The van der Waals surface area contributed by atoms with E-state index in [1.807, 2.05) is 6.20 Å². The van der Waals surface area contributed by atoms with Crippen LogP contribution in [0.1, 0.15) is 55.8 Å². The third kappa shape index (κ3) is 5.20. The van der Waals surface area contributed by atoms with E-state index in [1.54, 1.807) is 0 Å². The standard InChI is InChI=1S/C23H35N3O/c1-3-14-26-20(2)22(16-24-26)17-25-15-8-13-23(18-25,19-27)12-7-11-21-9-5-4-6-10-21/h4-6,9-10,16,27H,3,7-8,11-15,17-19H2,1-2H3. The zero-order chi connectivity index (χ0) is 19.1. The molecule has 0 spiro atoms. The summed E-state index contributed by atoms with van der Waals surface area (Å²) in [6.45, 7) is 8.74. The number of aryl methyl sites for hydroxylation is 2. The smallest absolute Gasteiger partial charge is 0.0537 e. The molecule has 2 aromatic rings. The lowest BCUT2D eigenvalue weighted by molar-refractivity contribution is 0.0207. The molecule has 3 rings (SSSR count). The van der Waals surface area contributed by atoms with Crippen LogP contribution in [0.2, 0.25) is 0 Å². The van der Waals surface area contributed by atoms with Crippen LogP contribution < -0.4 is 0 Å². The van der Waals surface area contributed by atoms with Gasteiger partial charge in [-0.3, -0.25) is 9.58 Å². The Kier molecular flexibility index (Phi) is 7.08. The van der Waals surface area contributed by atoms with Crippen molar-refractivity contribution in [3.8, 4) is 0 Å². The van der Waals surface area contributed by atoms with Gasteiger partial charge >= 0.3 is 0 Å². The molecule has 1 aromatic heterocycles. The highest BCUT2D eigenvalue weighted by Gasteiger charge is 2.34. The Bertz CT molecular complexity index is 697. The lowest BCUT2D eigenvalue weighted by Gasteiger charge is -2.42. The van der Waals surface area contributed by atoms with Crippen LogP contribution in [-0.2, 0) is 19.5 Å². The second-order valence-corrected chi connectivity index (χ2v) is 8.29. The van der Waals surface area contributed by atoms with Crippen LogP contribution in [-0.4, -0.2) is 39.5 Å². The maximum Gasteiger partial charge on any atom is 0.0537 e. The van der Waals surface area contributed by atoms with Gasteiger partial charge in [-0.25, -0.2) is 0 Å². The molecule has 0 aliphatic carbocycles. The number of aromatic nitrogens is 2. The Balaban J connectivity index is 1.57. The molecular weight excluding hydrogens is 334 g/mol. The molecule has 1 aliphatic rings. The molecule has 1 saturated heterocycles. The van der Waals surface area contributed by atoms with E-state index in [0.717, 1.165) is 58.3 Å². The first-order chi connectivity index (χ1) is 13.2. The largest absolute Gasteiger partial charge is 0.396 e. The van der Waals surface area contributed by atoms with Crippen LogP contribution in [0.5, 0.6) is 0 Å². The van der Waals surface area contributed by atoms with Gasteiger partial charge in [0.15, 0.2) is 0 Å². The molecule has 1 aliphatic heterocycles. The average molecular weight is 370 g/mol. The predicted molar refractivity (Wildman–Crippen MR) is 111 cm³/mol. The molecule has 148 valence electrons. The van der Waals surface area contributed by atoms with Crippen molar-refractivity contribution in [1.29, 1.82) is 0 Å². The topological polar surface area (TPSA) is 41.3 Å². The number of aliphatic hydroxyl groups is 1. The van der Waals surface area contributed by atoms with Crippen molar-refractivity contribution >= 4 is 0 Å². The van der Waals surface area contributed by atoms with E-state index in [2.05, 4.69) is 58.9 Å². The second kappa shape index (κ2) is 9.52. The SMILES string of the molecule is CCCn1ncc(CN2CCCC(CO)(CCCc3ccccc3)C2)c1C. The first-order valence-corrected chi connectivity index (χ1v) is 10.5. The Morgan fingerprint density at radius 2 is 2.04 bits per heavy atom. The molecule has 27 heavy (non-hydrogen) atoms. The van der Waals surface area contributed by atoms with Gasteiger partial charge in [-0.05, 0) is 57.6 Å². The van der Waals surface area contributed by atoms with Crippen molar-refractivity contribution in [2.45, 2.75) is 65.5 Å². The Labute approximate surface area is 164 Å². The predicted octanol–water partition coefficient (Wildman–Crippen LogP) is 4.20. The Hall–Kier alpha value is -1.65. The van der Waals surface area contributed by atoms with Crippen molar-refractivity contribution < 1.29 is 5.11 Å². The number of hydrogen-bond acceptors (Lipinski definition) is 3. The van der Waals surface area contributed by atoms with Crippen LogP contribution in [0, 0.1) is 12.3 Å². The van der Waals surface area contributed by atoms with Gasteiger partial charge in [-0.15, -0.1) is 0 Å². The zero-order valence-electron chi connectivity index (χ0n) is 17.0. The minimum absolute atomic E-state index is 0.0559. The molecule has 0 radical (unpaired) electrons. The quantitative estimate of drug-likeness (QED) is 0.720. The van der Waals surface area contributed by atoms with Gasteiger partial charge in [0, 0.05) is 42.9 Å². The van der Waals surface area contributed by atoms with Gasteiger partial charge in [-0.1, -0.05) is 37.3 Å². The maximum absolute atomic E-state index is 10.2. The first-order valence-electron chi connectivity index (χ1n) is 10.5. The van der Waals surface area contributed by atoms with Crippen LogP contribution in [0.4, 0.5) is 0 Å². The van der Waals surface area contributed by atoms with Crippen molar-refractivity contribution in [2.75, 3.05) is 19.7 Å². The van der Waals surface area contributed by atoms with E-state index in [-0.39, 0.29) is 5.41 Å². The second-order valence-electron chi connectivity index (χ2n) is 8.29. The molecule has 0 bridgehead atoms. The number of likely N-dealkylation sites (tertiary alicyclic amines) is 1. The van der Waals surface area contributed by atoms with Crippen LogP contribution in [0.3, 0.4) is 0 Å². The molecule has 2 heterocycles. The lowest BCUT2D eigenvalue weighted by Crippen LogP contribution is -2.45. The Morgan fingerprint density at radius 1 is 1.22 bits per heavy atom. The summed E-state index contributed by atoms with van der Waals surface area (Å²) in [6.07, 6.45) is 8.81. The summed E-state index contributed by atoms with van der Waals surface area (Å²) in [6, 6.07) is 10.7. The first kappa shape index (κ1) is 20.1. The molecular formula is C23H35N3O. The normalized spacial score (nSPS) is 20.9. The fraction of sp³-hybridized carbons (Fsp3) is 0.609. The minimum Gasteiger partial charge on any atom is -0.396 e.